The molecule has 1 aliphatic heterocycles. The Hall–Kier alpha value is -2.09. The van der Waals surface area contributed by atoms with Crippen molar-refractivity contribution in [1.29, 1.82) is 0 Å². The Morgan fingerprint density at radius 1 is 1.32 bits per heavy atom. The second kappa shape index (κ2) is 7.43. The molecule has 0 aliphatic carbocycles. The first-order valence-electron chi connectivity index (χ1n) is 8.54. The van der Waals surface area contributed by atoms with Gasteiger partial charge in [-0.1, -0.05) is 0 Å². The second-order valence-corrected chi connectivity index (χ2v) is 7.61. The lowest BCUT2D eigenvalue weighted by Gasteiger charge is -2.29. The van der Waals surface area contributed by atoms with Crippen LogP contribution in [0.4, 0.5) is 4.79 Å². The highest BCUT2D eigenvalue weighted by atomic mass is 16.6. The number of amides is 2. The van der Waals surface area contributed by atoms with Gasteiger partial charge in [-0.05, 0) is 34.9 Å². The van der Waals surface area contributed by atoms with Crippen molar-refractivity contribution < 1.29 is 14.3 Å². The summed E-state index contributed by atoms with van der Waals surface area (Å²) >= 11 is 0. The third-order valence-electron chi connectivity index (χ3n) is 3.91. The number of aryl methyl sites for hydroxylation is 1. The van der Waals surface area contributed by atoms with E-state index in [0.29, 0.717) is 31.7 Å². The molecule has 25 heavy (non-hydrogen) atoms. The van der Waals surface area contributed by atoms with Gasteiger partial charge in [-0.2, -0.15) is 5.10 Å². The molecule has 0 aromatic carbocycles. The number of hydrogen-bond acceptors (Lipinski definition) is 5. The zero-order chi connectivity index (χ0) is 18.8. The van der Waals surface area contributed by atoms with Gasteiger partial charge in [0.25, 0.3) is 5.91 Å². The van der Waals surface area contributed by atoms with Crippen LogP contribution in [0.1, 0.15) is 42.5 Å². The van der Waals surface area contributed by atoms with Gasteiger partial charge in [-0.25, -0.2) is 4.79 Å². The average Bonchev–Trinajstić information content (AvgIpc) is 2.79. The SMILES string of the molecule is CN(C)CCNC(=O)c1c2c(nn1C)CCN(C(=O)OC(C)(C)C)C2. The lowest BCUT2D eigenvalue weighted by molar-refractivity contribution is 0.0222. The van der Waals surface area contributed by atoms with Crippen molar-refractivity contribution in [3.8, 4) is 0 Å². The summed E-state index contributed by atoms with van der Waals surface area (Å²) in [5.41, 5.74) is 1.66. The van der Waals surface area contributed by atoms with E-state index >= 15 is 0 Å². The predicted octanol–water partition coefficient (Wildman–Crippen LogP) is 1.00. The summed E-state index contributed by atoms with van der Waals surface area (Å²) in [5.74, 6) is -0.163. The quantitative estimate of drug-likeness (QED) is 0.876. The van der Waals surface area contributed by atoms with Crippen LogP contribution >= 0.6 is 0 Å². The fraction of sp³-hybridized carbons (Fsp3) is 0.706. The summed E-state index contributed by atoms with van der Waals surface area (Å²) in [5, 5.41) is 7.36. The molecule has 1 aromatic heterocycles. The predicted molar refractivity (Wildman–Crippen MR) is 94.4 cm³/mol. The van der Waals surface area contributed by atoms with E-state index in [1.807, 2.05) is 39.8 Å². The number of rotatable bonds is 4. The van der Waals surface area contributed by atoms with Gasteiger partial charge in [0.15, 0.2) is 0 Å². The molecule has 8 nitrogen and oxygen atoms in total. The lowest BCUT2D eigenvalue weighted by atomic mass is 10.1. The standard InChI is InChI=1S/C17H29N5O3/c1-17(2,3)25-16(24)22-9-7-13-12(11-22)14(21(6)19-13)15(23)18-8-10-20(4)5/h7-11H2,1-6H3,(H,18,23). The molecule has 2 rings (SSSR count). The molecule has 0 spiro atoms. The van der Waals surface area contributed by atoms with Crippen LogP contribution in [0, 0.1) is 0 Å². The number of ether oxygens (including phenoxy) is 1. The van der Waals surface area contributed by atoms with Gasteiger partial charge in [-0.15, -0.1) is 0 Å². The Kier molecular flexibility index (Phi) is 5.72. The summed E-state index contributed by atoms with van der Waals surface area (Å²) < 4.78 is 7.05. The van der Waals surface area contributed by atoms with Crippen molar-refractivity contribution in [1.82, 2.24) is 24.9 Å². The first kappa shape index (κ1) is 19.2. The number of carbonyl (C=O) groups excluding carboxylic acids is 2. The number of carbonyl (C=O) groups is 2. The molecule has 1 aliphatic rings. The lowest BCUT2D eigenvalue weighted by Crippen LogP contribution is -2.40. The monoisotopic (exact) mass is 351 g/mol. The third-order valence-corrected chi connectivity index (χ3v) is 3.91. The smallest absolute Gasteiger partial charge is 0.410 e. The Bertz CT molecular complexity index is 645. The summed E-state index contributed by atoms with van der Waals surface area (Å²) in [6.45, 7) is 7.72. The molecular formula is C17H29N5O3. The molecule has 8 heteroatoms. The van der Waals surface area contributed by atoms with Crippen molar-refractivity contribution in [2.45, 2.75) is 39.3 Å². The minimum atomic E-state index is -0.543. The summed E-state index contributed by atoms with van der Waals surface area (Å²) in [6.07, 6.45) is 0.258. The number of hydrogen-bond donors (Lipinski definition) is 1. The molecule has 0 saturated heterocycles. The zero-order valence-electron chi connectivity index (χ0n) is 16.0. The van der Waals surface area contributed by atoms with E-state index in [1.54, 1.807) is 16.6 Å². The van der Waals surface area contributed by atoms with E-state index in [2.05, 4.69) is 10.4 Å². The van der Waals surface area contributed by atoms with Crippen LogP contribution in [0.3, 0.4) is 0 Å². The summed E-state index contributed by atoms with van der Waals surface area (Å²) in [7, 11) is 5.67. The second-order valence-electron chi connectivity index (χ2n) is 7.61. The van der Waals surface area contributed by atoms with Crippen LogP contribution in [0.5, 0.6) is 0 Å². The molecule has 0 atom stereocenters. The molecule has 0 fully saturated rings. The van der Waals surface area contributed by atoms with Crippen molar-refractivity contribution >= 4 is 12.0 Å². The minimum absolute atomic E-state index is 0.163. The number of fused-ring (bicyclic) bond motifs is 1. The molecule has 2 amide bonds. The van der Waals surface area contributed by atoms with Crippen LogP contribution in [0.15, 0.2) is 0 Å². The van der Waals surface area contributed by atoms with Gasteiger partial charge in [-0.3, -0.25) is 9.48 Å². The van der Waals surface area contributed by atoms with Crippen LogP contribution in [-0.4, -0.2) is 70.9 Å². The summed E-state index contributed by atoms with van der Waals surface area (Å²) in [6, 6.07) is 0. The number of nitrogens with zero attached hydrogens (tertiary/aromatic N) is 4. The molecule has 140 valence electrons. The highest BCUT2D eigenvalue weighted by Crippen LogP contribution is 2.23. The molecule has 0 radical (unpaired) electrons. The largest absolute Gasteiger partial charge is 0.444 e. The fourth-order valence-electron chi connectivity index (χ4n) is 2.74. The molecule has 2 heterocycles. The summed E-state index contributed by atoms with van der Waals surface area (Å²) in [4.78, 5) is 28.5. The molecule has 1 aromatic rings. The maximum Gasteiger partial charge on any atom is 0.410 e. The highest BCUT2D eigenvalue weighted by Gasteiger charge is 2.31. The van der Waals surface area contributed by atoms with E-state index < -0.39 is 5.60 Å². The third kappa shape index (κ3) is 4.94. The molecule has 0 unspecified atom stereocenters. The first-order valence-corrected chi connectivity index (χ1v) is 8.54. The van der Waals surface area contributed by atoms with Gasteiger partial charge in [0, 0.05) is 38.7 Å². The molecule has 0 saturated carbocycles. The minimum Gasteiger partial charge on any atom is -0.444 e. The average molecular weight is 351 g/mol. The molecule has 1 N–H and O–H groups in total. The van der Waals surface area contributed by atoms with E-state index in [9.17, 15) is 9.59 Å². The topological polar surface area (TPSA) is 79.7 Å². The number of aromatic nitrogens is 2. The van der Waals surface area contributed by atoms with Crippen LogP contribution in [-0.2, 0) is 24.8 Å². The van der Waals surface area contributed by atoms with E-state index in [4.69, 9.17) is 4.74 Å². The Labute approximate surface area is 149 Å². The van der Waals surface area contributed by atoms with Gasteiger partial charge >= 0.3 is 6.09 Å². The first-order chi connectivity index (χ1) is 11.6. The van der Waals surface area contributed by atoms with Crippen LogP contribution in [0.2, 0.25) is 0 Å². The highest BCUT2D eigenvalue weighted by molar-refractivity contribution is 5.94. The number of nitrogens with one attached hydrogen (secondary N) is 1. The van der Waals surface area contributed by atoms with E-state index in [1.165, 1.54) is 0 Å². The van der Waals surface area contributed by atoms with Gasteiger partial charge in [0.1, 0.15) is 11.3 Å². The van der Waals surface area contributed by atoms with E-state index in [0.717, 1.165) is 17.8 Å². The van der Waals surface area contributed by atoms with Gasteiger partial charge in [0.2, 0.25) is 0 Å². The zero-order valence-corrected chi connectivity index (χ0v) is 16.0. The number of likely N-dealkylation sites (N-methyl/N-ethyl adjacent to an activating group) is 1. The van der Waals surface area contributed by atoms with Crippen molar-refractivity contribution in [2.75, 3.05) is 33.7 Å². The Balaban J connectivity index is 2.12. The molecular weight excluding hydrogens is 322 g/mol. The van der Waals surface area contributed by atoms with Gasteiger partial charge < -0.3 is 19.9 Å². The fourth-order valence-corrected chi connectivity index (χ4v) is 2.74. The maximum absolute atomic E-state index is 12.6. The van der Waals surface area contributed by atoms with Crippen molar-refractivity contribution in [3.05, 3.63) is 17.0 Å². The Morgan fingerprint density at radius 2 is 2.00 bits per heavy atom. The normalized spacial score (nSPS) is 14.4. The maximum atomic E-state index is 12.6. The Morgan fingerprint density at radius 3 is 2.60 bits per heavy atom. The van der Waals surface area contributed by atoms with Crippen LogP contribution in [0.25, 0.3) is 0 Å². The van der Waals surface area contributed by atoms with Crippen molar-refractivity contribution in [3.63, 3.8) is 0 Å². The van der Waals surface area contributed by atoms with Crippen LogP contribution < -0.4 is 5.32 Å². The van der Waals surface area contributed by atoms with Gasteiger partial charge in [0.05, 0.1) is 12.2 Å². The van der Waals surface area contributed by atoms with Crippen molar-refractivity contribution in [2.24, 2.45) is 7.05 Å². The molecule has 0 bridgehead atoms. The van der Waals surface area contributed by atoms with E-state index in [-0.39, 0.29) is 12.0 Å².